The molecule has 0 bridgehead atoms. The highest BCUT2D eigenvalue weighted by Crippen LogP contribution is 2.12. The second kappa shape index (κ2) is 8.50. The molecule has 5 N–H and O–H groups in total. The minimum atomic E-state index is -1.49. The van der Waals surface area contributed by atoms with Crippen molar-refractivity contribution in [3.8, 4) is 0 Å². The van der Waals surface area contributed by atoms with Gasteiger partial charge in [-0.15, -0.1) is 0 Å². The molecule has 0 radical (unpaired) electrons. The van der Waals surface area contributed by atoms with E-state index in [0.717, 1.165) is 0 Å². The molecule has 10 nitrogen and oxygen atoms in total. The van der Waals surface area contributed by atoms with Crippen LogP contribution in [0.3, 0.4) is 0 Å². The number of carboxylic acid groups (broad SMARTS) is 2. The topological polar surface area (TPSA) is 167 Å². The molecular weight excluding hydrogens is 322 g/mol. The van der Waals surface area contributed by atoms with E-state index in [1.54, 1.807) is 7.05 Å². The number of carbonyl (C=O) groups excluding carboxylic acids is 3. The number of carbonyl (C=O) groups is 5. The fourth-order valence-corrected chi connectivity index (χ4v) is 2.45. The van der Waals surface area contributed by atoms with E-state index in [-0.39, 0.29) is 25.2 Å². The first-order chi connectivity index (χ1) is 11.1. The van der Waals surface area contributed by atoms with Gasteiger partial charge in [0.05, 0.1) is 18.5 Å². The Morgan fingerprint density at radius 1 is 1.25 bits per heavy atom. The quantitative estimate of drug-likeness (QED) is 0.327. The van der Waals surface area contributed by atoms with Crippen molar-refractivity contribution in [3.05, 3.63) is 0 Å². The summed E-state index contributed by atoms with van der Waals surface area (Å²) in [5.74, 6) is -4.63. The highest BCUT2D eigenvalue weighted by atomic mass is 16.4. The zero-order chi connectivity index (χ0) is 18.4. The Kier molecular flexibility index (Phi) is 6.98. The van der Waals surface area contributed by atoms with Crippen molar-refractivity contribution in [1.29, 1.82) is 0 Å². The number of nitrogens with two attached hydrogens (primary N) is 1. The molecular formula is C14H21N3O7. The number of hydrogen-bond donors (Lipinski definition) is 4. The third-order valence-corrected chi connectivity index (χ3v) is 3.72. The molecule has 0 aromatic heterocycles. The number of rotatable bonds is 10. The molecule has 0 spiro atoms. The highest BCUT2D eigenvalue weighted by Gasteiger charge is 2.34. The lowest BCUT2D eigenvalue weighted by Crippen LogP contribution is -2.50. The first-order valence-corrected chi connectivity index (χ1v) is 7.39. The van der Waals surface area contributed by atoms with Gasteiger partial charge in [0.1, 0.15) is 0 Å². The average molecular weight is 343 g/mol. The summed E-state index contributed by atoms with van der Waals surface area (Å²) in [6.07, 6.45) is -1.08. The molecule has 3 atom stereocenters. The third kappa shape index (κ3) is 5.70. The second-order valence-electron chi connectivity index (χ2n) is 5.76. The molecule has 1 heterocycles. The summed E-state index contributed by atoms with van der Waals surface area (Å²) in [5.41, 5.74) is 5.41. The van der Waals surface area contributed by atoms with Crippen LogP contribution in [0.5, 0.6) is 0 Å². The largest absolute Gasteiger partial charge is 0.481 e. The highest BCUT2D eigenvalue weighted by molar-refractivity contribution is 6.41. The molecule has 1 fully saturated rings. The molecule has 1 saturated heterocycles. The maximum absolute atomic E-state index is 12.3. The summed E-state index contributed by atoms with van der Waals surface area (Å²) in [6.45, 7) is 0.324. The Balaban J connectivity index is 2.78. The van der Waals surface area contributed by atoms with Gasteiger partial charge in [-0.3, -0.25) is 24.0 Å². The monoisotopic (exact) mass is 343 g/mol. The van der Waals surface area contributed by atoms with Crippen LogP contribution in [0.25, 0.3) is 0 Å². The molecule has 0 aromatic rings. The summed E-state index contributed by atoms with van der Waals surface area (Å²) in [4.78, 5) is 58.5. The van der Waals surface area contributed by atoms with Gasteiger partial charge >= 0.3 is 11.9 Å². The number of nitrogens with zero attached hydrogens (tertiary/aromatic N) is 1. The average Bonchev–Trinajstić information content (AvgIpc) is 2.79. The number of Topliss-reactive ketones (excluding diaryl/α,β-unsaturated/α-hetero) is 2. The Labute approximate surface area is 138 Å². The molecule has 134 valence electrons. The minimum absolute atomic E-state index is 0.128. The van der Waals surface area contributed by atoms with Crippen LogP contribution in [-0.4, -0.2) is 76.2 Å². The first-order valence-electron chi connectivity index (χ1n) is 7.39. The van der Waals surface area contributed by atoms with Crippen molar-refractivity contribution < 1.29 is 34.2 Å². The van der Waals surface area contributed by atoms with E-state index in [9.17, 15) is 24.0 Å². The third-order valence-electron chi connectivity index (χ3n) is 3.72. The van der Waals surface area contributed by atoms with Crippen LogP contribution < -0.4 is 11.1 Å². The Hall–Kier alpha value is -2.33. The van der Waals surface area contributed by atoms with E-state index in [2.05, 4.69) is 5.32 Å². The number of carboxylic acids is 2. The van der Waals surface area contributed by atoms with Crippen LogP contribution >= 0.6 is 0 Å². The lowest BCUT2D eigenvalue weighted by atomic mass is 9.97. The number of likely N-dealkylation sites (tertiary alicyclic amines) is 1. The summed E-state index contributed by atoms with van der Waals surface area (Å²) in [5, 5.41) is 20.2. The number of hydrogen-bond acceptors (Lipinski definition) is 7. The van der Waals surface area contributed by atoms with E-state index in [1.807, 2.05) is 0 Å². The fourth-order valence-electron chi connectivity index (χ4n) is 2.45. The van der Waals surface area contributed by atoms with Crippen molar-refractivity contribution in [1.82, 2.24) is 10.2 Å². The molecule has 1 aliphatic rings. The van der Waals surface area contributed by atoms with Crippen LogP contribution in [0.15, 0.2) is 0 Å². The Bertz CT molecular complexity index is 548. The number of likely N-dealkylation sites (N-methyl/N-ethyl adjacent to an activating group) is 1. The molecule has 0 saturated carbocycles. The molecule has 0 aliphatic carbocycles. The summed E-state index contributed by atoms with van der Waals surface area (Å²) >= 11 is 0. The van der Waals surface area contributed by atoms with Crippen molar-refractivity contribution in [2.24, 2.45) is 5.73 Å². The predicted molar refractivity (Wildman–Crippen MR) is 80.1 cm³/mol. The minimum Gasteiger partial charge on any atom is -0.481 e. The van der Waals surface area contributed by atoms with Gasteiger partial charge in [0.25, 0.3) is 0 Å². The van der Waals surface area contributed by atoms with Crippen molar-refractivity contribution in [2.45, 2.75) is 43.8 Å². The van der Waals surface area contributed by atoms with E-state index in [4.69, 9.17) is 15.9 Å². The van der Waals surface area contributed by atoms with E-state index >= 15 is 0 Å². The Morgan fingerprint density at radius 3 is 2.33 bits per heavy atom. The van der Waals surface area contributed by atoms with Gasteiger partial charge in [0.2, 0.25) is 17.5 Å². The number of aliphatic carboxylic acids is 2. The molecule has 24 heavy (non-hydrogen) atoms. The normalized spacial score (nSPS) is 19.8. The van der Waals surface area contributed by atoms with E-state index in [1.165, 1.54) is 4.90 Å². The molecule has 0 aromatic carbocycles. The molecule has 1 aliphatic heterocycles. The van der Waals surface area contributed by atoms with E-state index < -0.39 is 48.1 Å². The predicted octanol–water partition coefficient (Wildman–Crippen LogP) is -2.02. The van der Waals surface area contributed by atoms with Crippen LogP contribution in [0.1, 0.15) is 25.7 Å². The first kappa shape index (κ1) is 19.7. The zero-order valence-electron chi connectivity index (χ0n) is 13.2. The van der Waals surface area contributed by atoms with Crippen molar-refractivity contribution in [3.63, 3.8) is 0 Å². The van der Waals surface area contributed by atoms with Crippen LogP contribution in [0, 0.1) is 0 Å². The van der Waals surface area contributed by atoms with Gasteiger partial charge in [0.15, 0.2) is 0 Å². The summed E-state index contributed by atoms with van der Waals surface area (Å²) in [6, 6.07) is -3.01. The smallest absolute Gasteiger partial charge is 0.305 e. The van der Waals surface area contributed by atoms with Gasteiger partial charge in [-0.05, 0) is 6.42 Å². The van der Waals surface area contributed by atoms with Gasteiger partial charge in [-0.1, -0.05) is 0 Å². The van der Waals surface area contributed by atoms with Crippen LogP contribution in [0.2, 0.25) is 0 Å². The Morgan fingerprint density at radius 2 is 1.88 bits per heavy atom. The number of amides is 1. The van der Waals surface area contributed by atoms with Crippen LogP contribution in [-0.2, 0) is 24.0 Å². The lowest BCUT2D eigenvalue weighted by Gasteiger charge is -2.21. The lowest BCUT2D eigenvalue weighted by molar-refractivity contribution is -0.142. The van der Waals surface area contributed by atoms with Gasteiger partial charge in [0, 0.05) is 32.5 Å². The number of ketones is 2. The molecule has 1 amide bonds. The zero-order valence-corrected chi connectivity index (χ0v) is 13.2. The summed E-state index contributed by atoms with van der Waals surface area (Å²) in [7, 11) is 1.59. The molecule has 1 rings (SSSR count). The SMILES string of the molecule is CN1C[C@@H](N[C@@H](CCC(=O)O)C(=O)C(=O)[C@@H](N)CC(=O)O)CC1=O. The van der Waals surface area contributed by atoms with Crippen molar-refractivity contribution >= 4 is 29.4 Å². The fraction of sp³-hybridized carbons (Fsp3) is 0.643. The maximum atomic E-state index is 12.3. The molecule has 0 unspecified atom stereocenters. The van der Waals surface area contributed by atoms with Gasteiger partial charge in [-0.25, -0.2) is 0 Å². The standard InChI is InChI=1S/C14H21N3O7/c1-17-6-7(4-10(17)18)16-9(2-3-11(19)20)14(24)13(23)8(15)5-12(21)22/h7-9,16H,2-6,15H2,1H3,(H,19,20)(H,21,22)/t7-,8-,9-/m0/s1. The van der Waals surface area contributed by atoms with E-state index in [0.29, 0.717) is 6.54 Å². The summed E-state index contributed by atoms with van der Waals surface area (Å²) < 4.78 is 0. The number of nitrogens with one attached hydrogen (secondary N) is 1. The second-order valence-corrected chi connectivity index (χ2v) is 5.76. The maximum Gasteiger partial charge on any atom is 0.305 e. The van der Waals surface area contributed by atoms with Gasteiger partial charge < -0.3 is 26.2 Å². The van der Waals surface area contributed by atoms with Crippen molar-refractivity contribution in [2.75, 3.05) is 13.6 Å². The van der Waals surface area contributed by atoms with Crippen LogP contribution in [0.4, 0.5) is 0 Å². The molecule has 10 heteroatoms. The van der Waals surface area contributed by atoms with Gasteiger partial charge in [-0.2, -0.15) is 0 Å².